The smallest absolute Gasteiger partial charge is 0.151 e. The van der Waals surface area contributed by atoms with Crippen LogP contribution in [0.15, 0.2) is 42.5 Å². The van der Waals surface area contributed by atoms with Crippen LogP contribution >= 0.6 is 22.6 Å². The lowest BCUT2D eigenvalue weighted by Crippen LogP contribution is -1.98. The zero-order valence-corrected chi connectivity index (χ0v) is 11.0. The summed E-state index contributed by atoms with van der Waals surface area (Å²) in [5.41, 5.74) is 2.65. The molecule has 0 N–H and O–H groups in total. The first-order valence-electron chi connectivity index (χ1n) is 5.06. The number of rotatable bonds is 3. The van der Waals surface area contributed by atoms with Crippen LogP contribution in [0.5, 0.6) is 0 Å². The van der Waals surface area contributed by atoms with Gasteiger partial charge in [-0.2, -0.15) is 0 Å². The minimum atomic E-state index is 0.457. The molecule has 3 heteroatoms. The topological polar surface area (TPSA) is 34.1 Å². The minimum absolute atomic E-state index is 0.457. The highest BCUT2D eigenvalue weighted by molar-refractivity contribution is 14.1. The van der Waals surface area contributed by atoms with E-state index in [1.54, 1.807) is 0 Å². The Balaban J connectivity index is 2.71. The van der Waals surface area contributed by atoms with Gasteiger partial charge in [-0.1, -0.05) is 36.4 Å². The molecule has 2 nitrogen and oxygen atoms in total. The number of aldehydes is 2. The van der Waals surface area contributed by atoms with Crippen molar-refractivity contribution in [1.29, 1.82) is 0 Å². The molecule has 2 aromatic rings. The Morgan fingerprint density at radius 1 is 0.824 bits per heavy atom. The van der Waals surface area contributed by atoms with Crippen LogP contribution in [0.25, 0.3) is 11.1 Å². The van der Waals surface area contributed by atoms with Crippen molar-refractivity contribution in [2.24, 2.45) is 0 Å². The van der Waals surface area contributed by atoms with Gasteiger partial charge in [0.2, 0.25) is 0 Å². The van der Waals surface area contributed by atoms with Crippen LogP contribution in [-0.4, -0.2) is 12.6 Å². The van der Waals surface area contributed by atoms with Crippen LogP contribution in [0, 0.1) is 3.57 Å². The molecule has 84 valence electrons. The molecule has 0 unspecified atom stereocenters. The third kappa shape index (κ3) is 2.29. The van der Waals surface area contributed by atoms with Crippen molar-refractivity contribution < 1.29 is 9.59 Å². The highest BCUT2D eigenvalue weighted by atomic mass is 127. The van der Waals surface area contributed by atoms with Crippen LogP contribution in [0.3, 0.4) is 0 Å². The summed E-state index contributed by atoms with van der Waals surface area (Å²) in [4.78, 5) is 22.2. The predicted octanol–water partition coefficient (Wildman–Crippen LogP) is 3.58. The van der Waals surface area contributed by atoms with E-state index in [0.717, 1.165) is 27.3 Å². The summed E-state index contributed by atoms with van der Waals surface area (Å²) >= 11 is 2.06. The molecule has 0 radical (unpaired) electrons. The van der Waals surface area contributed by atoms with E-state index in [1.807, 2.05) is 42.5 Å². The Morgan fingerprint density at radius 3 is 2.06 bits per heavy atom. The lowest BCUT2D eigenvalue weighted by molar-refractivity contribution is 0.109. The summed E-state index contributed by atoms with van der Waals surface area (Å²) < 4.78 is 0.791. The fraction of sp³-hybridized carbons (Fsp3) is 0. The van der Waals surface area contributed by atoms with Gasteiger partial charge in [-0.25, -0.2) is 0 Å². The Bertz CT molecular complexity index is 562. The van der Waals surface area contributed by atoms with Crippen molar-refractivity contribution in [3.05, 3.63) is 57.2 Å². The van der Waals surface area contributed by atoms with E-state index in [-0.39, 0.29) is 0 Å². The lowest BCUT2D eigenvalue weighted by Gasteiger charge is -2.08. The van der Waals surface area contributed by atoms with Crippen LogP contribution in [0.1, 0.15) is 20.7 Å². The summed E-state index contributed by atoms with van der Waals surface area (Å²) in [5.74, 6) is 0. The van der Waals surface area contributed by atoms with Gasteiger partial charge in [-0.05, 0) is 39.8 Å². The molecule has 2 aromatic carbocycles. The van der Waals surface area contributed by atoms with Gasteiger partial charge in [0.15, 0.2) is 12.6 Å². The van der Waals surface area contributed by atoms with Gasteiger partial charge >= 0.3 is 0 Å². The normalized spacial score (nSPS) is 9.94. The quantitative estimate of drug-likeness (QED) is 0.634. The molecule has 17 heavy (non-hydrogen) atoms. The lowest BCUT2D eigenvalue weighted by atomic mass is 9.97. The van der Waals surface area contributed by atoms with E-state index in [9.17, 15) is 9.59 Å². The Kier molecular flexibility index (Phi) is 3.68. The Labute approximate surface area is 113 Å². The van der Waals surface area contributed by atoms with Crippen LogP contribution in [0.4, 0.5) is 0 Å². The highest BCUT2D eigenvalue weighted by Gasteiger charge is 2.11. The number of hydrogen-bond acceptors (Lipinski definition) is 2. The molecule has 0 saturated carbocycles. The molecule has 0 fully saturated rings. The second-order valence-corrected chi connectivity index (χ2v) is 4.69. The second-order valence-electron chi connectivity index (χ2n) is 3.52. The highest BCUT2D eigenvalue weighted by Crippen LogP contribution is 2.27. The number of hydrogen-bond donors (Lipinski definition) is 0. The van der Waals surface area contributed by atoms with Crippen LogP contribution in [-0.2, 0) is 0 Å². The standard InChI is InChI=1S/C14H9IO2/c15-14-7-6-11(10-4-2-1-3-5-10)12(8-16)13(14)9-17/h1-9H. The summed E-state index contributed by atoms with van der Waals surface area (Å²) in [6.07, 6.45) is 1.48. The summed E-state index contributed by atoms with van der Waals surface area (Å²) in [6, 6.07) is 13.3. The molecule has 0 atom stereocenters. The van der Waals surface area contributed by atoms with Gasteiger partial charge < -0.3 is 0 Å². The van der Waals surface area contributed by atoms with Crippen LogP contribution in [0.2, 0.25) is 0 Å². The number of carbonyl (C=O) groups excluding carboxylic acids is 2. The Morgan fingerprint density at radius 2 is 1.47 bits per heavy atom. The van der Waals surface area contributed by atoms with Crippen molar-refractivity contribution in [1.82, 2.24) is 0 Å². The number of halogens is 1. The summed E-state index contributed by atoms with van der Waals surface area (Å²) in [5, 5.41) is 0. The van der Waals surface area contributed by atoms with Crippen molar-refractivity contribution in [2.45, 2.75) is 0 Å². The average Bonchev–Trinajstić information content (AvgIpc) is 2.39. The second kappa shape index (κ2) is 5.23. The van der Waals surface area contributed by atoms with E-state index < -0.39 is 0 Å². The molecule has 0 heterocycles. The molecular formula is C14H9IO2. The van der Waals surface area contributed by atoms with Crippen molar-refractivity contribution in [3.8, 4) is 11.1 Å². The summed E-state index contributed by atoms with van der Waals surface area (Å²) in [7, 11) is 0. The Hall–Kier alpha value is -1.49. The molecule has 0 aliphatic rings. The van der Waals surface area contributed by atoms with Gasteiger partial charge in [0, 0.05) is 14.7 Å². The first-order chi connectivity index (χ1) is 8.27. The zero-order valence-electron chi connectivity index (χ0n) is 8.89. The fourth-order valence-corrected chi connectivity index (χ4v) is 2.32. The third-order valence-corrected chi connectivity index (χ3v) is 3.50. The van der Waals surface area contributed by atoms with E-state index in [4.69, 9.17) is 0 Å². The van der Waals surface area contributed by atoms with Crippen molar-refractivity contribution in [2.75, 3.05) is 0 Å². The van der Waals surface area contributed by atoms with Gasteiger partial charge in [0.05, 0.1) is 0 Å². The molecular weight excluding hydrogens is 327 g/mol. The maximum absolute atomic E-state index is 11.2. The van der Waals surface area contributed by atoms with Gasteiger partial charge in [0.1, 0.15) is 0 Å². The molecule has 0 aromatic heterocycles. The fourth-order valence-electron chi connectivity index (χ4n) is 1.73. The van der Waals surface area contributed by atoms with Gasteiger partial charge in [-0.15, -0.1) is 0 Å². The summed E-state index contributed by atoms with van der Waals surface area (Å²) in [6.45, 7) is 0. The SMILES string of the molecule is O=Cc1c(I)ccc(-c2ccccc2)c1C=O. The molecule has 0 aliphatic carbocycles. The maximum atomic E-state index is 11.2. The molecule has 0 amide bonds. The van der Waals surface area contributed by atoms with E-state index in [2.05, 4.69) is 22.6 Å². The maximum Gasteiger partial charge on any atom is 0.151 e. The third-order valence-electron chi connectivity index (χ3n) is 2.55. The number of benzene rings is 2. The molecule has 0 aliphatic heterocycles. The molecule has 0 spiro atoms. The van der Waals surface area contributed by atoms with Crippen molar-refractivity contribution >= 4 is 35.2 Å². The van der Waals surface area contributed by atoms with Crippen molar-refractivity contribution in [3.63, 3.8) is 0 Å². The largest absolute Gasteiger partial charge is 0.298 e. The average molecular weight is 336 g/mol. The monoisotopic (exact) mass is 336 g/mol. The first-order valence-corrected chi connectivity index (χ1v) is 6.14. The van der Waals surface area contributed by atoms with Gasteiger partial charge in [-0.3, -0.25) is 9.59 Å². The first kappa shape index (κ1) is 12.0. The van der Waals surface area contributed by atoms with E-state index >= 15 is 0 Å². The molecule has 2 rings (SSSR count). The predicted molar refractivity (Wildman–Crippen MR) is 75.4 cm³/mol. The molecule has 0 saturated heterocycles. The number of carbonyl (C=O) groups is 2. The zero-order chi connectivity index (χ0) is 12.3. The van der Waals surface area contributed by atoms with E-state index in [1.165, 1.54) is 0 Å². The minimum Gasteiger partial charge on any atom is -0.298 e. The van der Waals surface area contributed by atoms with Crippen LogP contribution < -0.4 is 0 Å². The van der Waals surface area contributed by atoms with Gasteiger partial charge in [0.25, 0.3) is 0 Å². The van der Waals surface area contributed by atoms with E-state index in [0.29, 0.717) is 11.1 Å². The molecule has 0 bridgehead atoms.